The molecule has 1 aliphatic heterocycles. The van der Waals surface area contributed by atoms with Crippen molar-refractivity contribution < 1.29 is 9.69 Å². The molecule has 2 heterocycles. The van der Waals surface area contributed by atoms with Gasteiger partial charge in [0.1, 0.15) is 6.54 Å². The number of aryl methyl sites for hydroxylation is 1. The van der Waals surface area contributed by atoms with E-state index in [1.165, 1.54) is 24.1 Å². The number of carbonyl (C=O) groups is 1. The largest absolute Gasteiger partial charge is 0.345 e. The number of likely N-dealkylation sites (tertiary alicyclic amines) is 1. The maximum Gasteiger partial charge on any atom is 0.253 e. The topological polar surface area (TPSA) is 38.5 Å². The molecule has 0 radical (unpaired) electrons. The molecule has 2 N–H and O–H groups in total. The highest BCUT2D eigenvalue weighted by Crippen LogP contribution is 2.38. The summed E-state index contributed by atoms with van der Waals surface area (Å²) in [5.74, 6) is 0.103. The molecule has 2 fully saturated rings. The molecule has 2 aliphatic rings. The molecule has 4 nitrogen and oxygen atoms in total. The number of amides is 1. The normalized spacial score (nSPS) is 23.0. The zero-order valence-corrected chi connectivity index (χ0v) is 15.2. The van der Waals surface area contributed by atoms with E-state index in [2.05, 4.69) is 60.1 Å². The Bertz CT molecular complexity index is 761. The lowest BCUT2D eigenvalue weighted by molar-refractivity contribution is -0.901. The van der Waals surface area contributed by atoms with Crippen LogP contribution in [0.25, 0.3) is 0 Å². The molecule has 1 aliphatic carbocycles. The van der Waals surface area contributed by atoms with E-state index in [9.17, 15) is 4.79 Å². The van der Waals surface area contributed by atoms with Gasteiger partial charge in [0.25, 0.3) is 5.91 Å². The summed E-state index contributed by atoms with van der Waals surface area (Å²) in [5.41, 5.74) is 4.58. The number of hydrogen-bond donors (Lipinski definition) is 2. The van der Waals surface area contributed by atoms with Gasteiger partial charge in [0.05, 0.1) is 24.7 Å². The smallest absolute Gasteiger partial charge is 0.253 e. The molecule has 4 rings (SSSR count). The van der Waals surface area contributed by atoms with Crippen molar-refractivity contribution in [3.05, 3.63) is 58.9 Å². The first-order valence-corrected chi connectivity index (χ1v) is 9.48. The van der Waals surface area contributed by atoms with E-state index in [0.717, 1.165) is 37.3 Å². The minimum atomic E-state index is 0.103. The van der Waals surface area contributed by atoms with Crippen molar-refractivity contribution in [1.29, 1.82) is 0 Å². The van der Waals surface area contributed by atoms with E-state index < -0.39 is 0 Å². The predicted octanol–water partition coefficient (Wildman–Crippen LogP) is 2.03. The summed E-state index contributed by atoms with van der Waals surface area (Å²) in [6.07, 6.45) is 3.56. The molecule has 1 amide bonds. The van der Waals surface area contributed by atoms with E-state index in [1.54, 1.807) is 4.90 Å². The summed E-state index contributed by atoms with van der Waals surface area (Å²) in [4.78, 5) is 14.3. The van der Waals surface area contributed by atoms with Crippen LogP contribution in [0.1, 0.15) is 52.6 Å². The summed E-state index contributed by atoms with van der Waals surface area (Å²) in [6.45, 7) is 7.39. The van der Waals surface area contributed by atoms with Gasteiger partial charge in [-0.3, -0.25) is 4.79 Å². The third kappa shape index (κ3) is 3.49. The van der Waals surface area contributed by atoms with E-state index in [0.29, 0.717) is 6.04 Å². The van der Waals surface area contributed by atoms with Crippen molar-refractivity contribution in [2.75, 3.05) is 13.1 Å². The number of rotatable bonds is 5. The summed E-state index contributed by atoms with van der Waals surface area (Å²) in [7, 11) is 0. The molecule has 1 saturated carbocycles. The highest BCUT2D eigenvalue weighted by Gasteiger charge is 2.31. The molecule has 4 heteroatoms. The average Bonchev–Trinajstić information content (AvgIpc) is 3.26. The fraction of sp³-hybridized carbons (Fsp3) is 0.476. The highest BCUT2D eigenvalue weighted by atomic mass is 16.1. The third-order valence-corrected chi connectivity index (χ3v) is 5.65. The SMILES string of the molecule is Cc1cc(C(=O)N[C@H]2CC[NH+](Cc3ccccc3)C2)c(C)n1C1CC1. The van der Waals surface area contributed by atoms with E-state index in [4.69, 9.17) is 0 Å². The molecule has 0 spiro atoms. The first-order chi connectivity index (χ1) is 12.1. The van der Waals surface area contributed by atoms with Gasteiger partial charge in [-0.05, 0) is 32.8 Å². The zero-order chi connectivity index (χ0) is 17.4. The molecule has 1 saturated heterocycles. The third-order valence-electron chi connectivity index (χ3n) is 5.65. The number of quaternary nitrogens is 1. The van der Waals surface area contributed by atoms with Gasteiger partial charge in [-0.15, -0.1) is 0 Å². The number of nitrogens with zero attached hydrogens (tertiary/aromatic N) is 1. The molecular formula is C21H28N3O+. The minimum absolute atomic E-state index is 0.103. The van der Waals surface area contributed by atoms with Gasteiger partial charge in [0.2, 0.25) is 0 Å². The van der Waals surface area contributed by atoms with Crippen LogP contribution >= 0.6 is 0 Å². The minimum Gasteiger partial charge on any atom is -0.345 e. The Hall–Kier alpha value is -2.07. The standard InChI is InChI=1S/C21H27N3O/c1-15-12-20(16(2)24(15)19-8-9-19)21(25)22-18-10-11-23(14-18)13-17-6-4-3-5-7-17/h3-7,12,18-19H,8-11,13-14H2,1-2H3,(H,22,25)/p+1/t18-/m0/s1. The second-order valence-electron chi connectivity index (χ2n) is 7.71. The number of carbonyl (C=O) groups excluding carboxylic acids is 1. The molecule has 0 bridgehead atoms. The summed E-state index contributed by atoms with van der Waals surface area (Å²) in [5, 5.41) is 3.28. The monoisotopic (exact) mass is 338 g/mol. The molecule has 1 aromatic carbocycles. The number of hydrogen-bond acceptors (Lipinski definition) is 1. The van der Waals surface area contributed by atoms with Crippen molar-refractivity contribution in [3.8, 4) is 0 Å². The lowest BCUT2D eigenvalue weighted by atomic mass is 10.2. The lowest BCUT2D eigenvalue weighted by Gasteiger charge is -2.14. The summed E-state index contributed by atoms with van der Waals surface area (Å²) < 4.78 is 2.34. The van der Waals surface area contributed by atoms with Crippen LogP contribution in [0.15, 0.2) is 36.4 Å². The van der Waals surface area contributed by atoms with Gasteiger partial charge < -0.3 is 14.8 Å². The summed E-state index contributed by atoms with van der Waals surface area (Å²) >= 11 is 0. The molecule has 132 valence electrons. The number of nitrogens with one attached hydrogen (secondary N) is 2. The quantitative estimate of drug-likeness (QED) is 0.860. The van der Waals surface area contributed by atoms with Crippen molar-refractivity contribution in [2.24, 2.45) is 0 Å². The fourth-order valence-corrected chi connectivity index (χ4v) is 4.26. The van der Waals surface area contributed by atoms with E-state index >= 15 is 0 Å². The predicted molar refractivity (Wildman–Crippen MR) is 98.9 cm³/mol. The molecule has 1 unspecified atom stereocenters. The van der Waals surface area contributed by atoms with Crippen LogP contribution in [0.2, 0.25) is 0 Å². The van der Waals surface area contributed by atoms with E-state index in [1.807, 2.05) is 0 Å². The molecule has 1 aromatic heterocycles. The van der Waals surface area contributed by atoms with Crippen molar-refractivity contribution in [2.45, 2.75) is 51.7 Å². The van der Waals surface area contributed by atoms with Gasteiger partial charge in [-0.1, -0.05) is 30.3 Å². The molecule has 2 aromatic rings. The van der Waals surface area contributed by atoms with Crippen molar-refractivity contribution in [3.63, 3.8) is 0 Å². The van der Waals surface area contributed by atoms with Crippen LogP contribution in [0.4, 0.5) is 0 Å². The van der Waals surface area contributed by atoms with Gasteiger partial charge in [-0.2, -0.15) is 0 Å². The Morgan fingerprint density at radius 3 is 2.68 bits per heavy atom. The first kappa shape index (κ1) is 16.4. The van der Waals surface area contributed by atoms with Gasteiger partial charge in [0, 0.05) is 29.4 Å². The highest BCUT2D eigenvalue weighted by molar-refractivity contribution is 5.96. The van der Waals surface area contributed by atoms with Crippen molar-refractivity contribution >= 4 is 5.91 Å². The summed E-state index contributed by atoms with van der Waals surface area (Å²) in [6, 6.07) is 13.6. The lowest BCUT2D eigenvalue weighted by Crippen LogP contribution is -3.09. The second kappa shape index (κ2) is 6.68. The van der Waals surface area contributed by atoms with E-state index in [-0.39, 0.29) is 11.9 Å². The van der Waals surface area contributed by atoms with Gasteiger partial charge >= 0.3 is 0 Å². The maximum absolute atomic E-state index is 12.8. The van der Waals surface area contributed by atoms with Crippen LogP contribution in [-0.2, 0) is 6.54 Å². The number of aromatic nitrogens is 1. The molecule has 2 atom stereocenters. The Morgan fingerprint density at radius 2 is 1.96 bits per heavy atom. The first-order valence-electron chi connectivity index (χ1n) is 9.48. The number of benzene rings is 1. The Balaban J connectivity index is 1.37. The average molecular weight is 338 g/mol. The molecule has 25 heavy (non-hydrogen) atoms. The second-order valence-corrected chi connectivity index (χ2v) is 7.71. The van der Waals surface area contributed by atoms with Crippen LogP contribution in [0, 0.1) is 13.8 Å². The van der Waals surface area contributed by atoms with Crippen LogP contribution in [0.3, 0.4) is 0 Å². The zero-order valence-electron chi connectivity index (χ0n) is 15.2. The van der Waals surface area contributed by atoms with Gasteiger partial charge in [-0.25, -0.2) is 0 Å². The van der Waals surface area contributed by atoms with Crippen LogP contribution in [-0.4, -0.2) is 29.6 Å². The van der Waals surface area contributed by atoms with Crippen molar-refractivity contribution in [1.82, 2.24) is 9.88 Å². The maximum atomic E-state index is 12.8. The van der Waals surface area contributed by atoms with Crippen LogP contribution in [0.5, 0.6) is 0 Å². The Morgan fingerprint density at radius 1 is 1.20 bits per heavy atom. The fourth-order valence-electron chi connectivity index (χ4n) is 4.26. The Labute approximate surface area is 149 Å². The Kier molecular flexibility index (Phi) is 4.38. The van der Waals surface area contributed by atoms with Gasteiger partial charge in [0.15, 0.2) is 0 Å². The van der Waals surface area contributed by atoms with Crippen LogP contribution < -0.4 is 10.2 Å². The molecular weight excluding hydrogens is 310 g/mol.